The average Bonchev–Trinajstić information content (AvgIpc) is 3.84. The molecule has 4 aromatic heterocycles. The molecule has 0 saturated heterocycles. The molecule has 5 heteroatoms. The van der Waals surface area contributed by atoms with E-state index in [1.807, 2.05) is 54.7 Å². The SMILES string of the molecule is c1ccc(-c2cc(-c3cccc(-c4cccnc4)c3)nc(-c3cc(-c4ccc5oc6ccccc6c5c4)cc(-c4ccc5oc6ccccc6c5c4)c3)n2)cc1. The predicted molar refractivity (Wildman–Crippen MR) is 227 cm³/mol. The lowest BCUT2D eigenvalue weighted by molar-refractivity contribution is 0.668. The minimum atomic E-state index is 0.640. The number of fused-ring (bicyclic) bond motifs is 6. The highest BCUT2D eigenvalue weighted by Crippen LogP contribution is 2.39. The van der Waals surface area contributed by atoms with Crippen molar-refractivity contribution in [3.8, 4) is 67.3 Å². The highest BCUT2D eigenvalue weighted by atomic mass is 16.3. The maximum atomic E-state index is 6.21. The molecule has 0 N–H and O–H groups in total. The highest BCUT2D eigenvalue weighted by Gasteiger charge is 2.17. The van der Waals surface area contributed by atoms with Crippen LogP contribution in [0.3, 0.4) is 0 Å². The second kappa shape index (κ2) is 13.0. The van der Waals surface area contributed by atoms with Crippen LogP contribution < -0.4 is 0 Å². The lowest BCUT2D eigenvalue weighted by Gasteiger charge is -2.13. The van der Waals surface area contributed by atoms with Crippen molar-refractivity contribution in [1.82, 2.24) is 15.0 Å². The Hall–Kier alpha value is -7.63. The predicted octanol–water partition coefficient (Wildman–Crippen LogP) is 13.7. The number of pyridine rings is 1. The van der Waals surface area contributed by atoms with Gasteiger partial charge in [0.1, 0.15) is 22.3 Å². The summed E-state index contributed by atoms with van der Waals surface area (Å²) in [5.74, 6) is 0.640. The van der Waals surface area contributed by atoms with E-state index in [1.165, 1.54) is 0 Å². The minimum absolute atomic E-state index is 0.640. The van der Waals surface area contributed by atoms with Crippen LogP contribution in [0.5, 0.6) is 0 Å². The Kier molecular flexibility index (Phi) is 7.42. The van der Waals surface area contributed by atoms with E-state index in [2.05, 4.69) is 132 Å². The van der Waals surface area contributed by atoms with E-state index in [9.17, 15) is 0 Å². The molecule has 11 aromatic rings. The van der Waals surface area contributed by atoms with Gasteiger partial charge in [0.25, 0.3) is 0 Å². The third kappa shape index (κ3) is 5.62. The Morgan fingerprint density at radius 2 is 0.804 bits per heavy atom. The van der Waals surface area contributed by atoms with Crippen LogP contribution in [0, 0.1) is 0 Å². The standard InChI is InChI=1S/C51H31N3O2/c1-2-10-32(11-3-1)45-30-46(36-13-8-12-33(24-36)37-14-9-23-52-31-37)54-51(53-45)40-26-38(34-19-21-49-43(28-34)41-15-4-6-17-47(41)55-49)25-39(27-40)35-20-22-50-44(29-35)42-16-5-7-18-48(42)56-50/h1-31H. The smallest absolute Gasteiger partial charge is 0.160 e. The van der Waals surface area contributed by atoms with Gasteiger partial charge < -0.3 is 8.83 Å². The third-order valence-electron chi connectivity index (χ3n) is 10.6. The van der Waals surface area contributed by atoms with Crippen LogP contribution in [0.2, 0.25) is 0 Å². The lowest BCUT2D eigenvalue weighted by atomic mass is 9.94. The number of para-hydroxylation sites is 2. The molecule has 0 atom stereocenters. The fourth-order valence-electron chi connectivity index (χ4n) is 7.77. The van der Waals surface area contributed by atoms with Crippen molar-refractivity contribution in [3.05, 3.63) is 188 Å². The van der Waals surface area contributed by atoms with Crippen molar-refractivity contribution in [1.29, 1.82) is 0 Å². The number of furan rings is 2. The number of hydrogen-bond acceptors (Lipinski definition) is 5. The van der Waals surface area contributed by atoms with Gasteiger partial charge in [0.15, 0.2) is 5.82 Å². The monoisotopic (exact) mass is 717 g/mol. The summed E-state index contributed by atoms with van der Waals surface area (Å²) < 4.78 is 12.4. The van der Waals surface area contributed by atoms with Gasteiger partial charge in [0.2, 0.25) is 0 Å². The molecule has 0 amide bonds. The van der Waals surface area contributed by atoms with E-state index in [0.29, 0.717) is 5.82 Å². The number of aromatic nitrogens is 3. The van der Waals surface area contributed by atoms with E-state index in [-0.39, 0.29) is 0 Å². The molecule has 0 aliphatic heterocycles. The first-order valence-corrected chi connectivity index (χ1v) is 18.6. The fraction of sp³-hybridized carbons (Fsp3) is 0. The molecule has 0 bridgehead atoms. The second-order valence-corrected chi connectivity index (χ2v) is 14.1. The molecule has 11 rings (SSSR count). The number of nitrogens with zero attached hydrogens (tertiary/aromatic N) is 3. The quantitative estimate of drug-likeness (QED) is 0.171. The molecule has 0 aliphatic carbocycles. The summed E-state index contributed by atoms with van der Waals surface area (Å²) in [7, 11) is 0. The summed E-state index contributed by atoms with van der Waals surface area (Å²) in [6.07, 6.45) is 3.68. The molecule has 0 aliphatic rings. The molecule has 0 fully saturated rings. The molecule has 5 nitrogen and oxygen atoms in total. The van der Waals surface area contributed by atoms with Gasteiger partial charge in [-0.1, -0.05) is 103 Å². The summed E-state index contributed by atoms with van der Waals surface area (Å²) in [4.78, 5) is 14.9. The summed E-state index contributed by atoms with van der Waals surface area (Å²) in [5, 5.41) is 4.34. The molecule has 0 unspecified atom stereocenters. The first kappa shape index (κ1) is 31.9. The van der Waals surface area contributed by atoms with Crippen LogP contribution in [-0.4, -0.2) is 15.0 Å². The van der Waals surface area contributed by atoms with E-state index in [1.54, 1.807) is 6.20 Å². The topological polar surface area (TPSA) is 65.0 Å². The average molecular weight is 718 g/mol. The van der Waals surface area contributed by atoms with Crippen molar-refractivity contribution in [2.45, 2.75) is 0 Å². The van der Waals surface area contributed by atoms with Crippen molar-refractivity contribution < 1.29 is 8.83 Å². The van der Waals surface area contributed by atoms with E-state index in [0.717, 1.165) is 105 Å². The van der Waals surface area contributed by atoms with Gasteiger partial charge in [0.05, 0.1) is 11.4 Å². The van der Waals surface area contributed by atoms with E-state index >= 15 is 0 Å². The van der Waals surface area contributed by atoms with Crippen LogP contribution in [-0.2, 0) is 0 Å². The maximum absolute atomic E-state index is 6.21. The zero-order valence-electron chi connectivity index (χ0n) is 30.1. The van der Waals surface area contributed by atoms with Crippen molar-refractivity contribution >= 4 is 43.9 Å². The van der Waals surface area contributed by atoms with E-state index < -0.39 is 0 Å². The first-order chi connectivity index (χ1) is 27.7. The van der Waals surface area contributed by atoms with Crippen LogP contribution in [0.1, 0.15) is 0 Å². The zero-order valence-corrected chi connectivity index (χ0v) is 30.1. The van der Waals surface area contributed by atoms with Crippen molar-refractivity contribution in [2.24, 2.45) is 0 Å². The highest BCUT2D eigenvalue weighted by molar-refractivity contribution is 6.07. The Morgan fingerprint density at radius 3 is 1.45 bits per heavy atom. The molecule has 0 radical (unpaired) electrons. The van der Waals surface area contributed by atoms with Crippen molar-refractivity contribution in [3.63, 3.8) is 0 Å². The molecule has 0 saturated carbocycles. The maximum Gasteiger partial charge on any atom is 0.160 e. The lowest BCUT2D eigenvalue weighted by Crippen LogP contribution is -1.97. The minimum Gasteiger partial charge on any atom is -0.456 e. The van der Waals surface area contributed by atoms with Gasteiger partial charge in [0, 0.05) is 56.2 Å². The Labute approximate surface area is 322 Å². The summed E-state index contributed by atoms with van der Waals surface area (Å²) in [5.41, 5.74) is 14.5. The molecular weight excluding hydrogens is 687 g/mol. The number of benzene rings is 7. The van der Waals surface area contributed by atoms with Gasteiger partial charge in [-0.25, -0.2) is 9.97 Å². The normalized spacial score (nSPS) is 11.6. The van der Waals surface area contributed by atoms with Crippen LogP contribution in [0.25, 0.3) is 111 Å². The molecule has 0 spiro atoms. The third-order valence-corrected chi connectivity index (χ3v) is 10.6. The zero-order chi connectivity index (χ0) is 37.0. The Morgan fingerprint density at radius 1 is 0.304 bits per heavy atom. The largest absolute Gasteiger partial charge is 0.456 e. The van der Waals surface area contributed by atoms with Gasteiger partial charge in [-0.05, 0) is 101 Å². The number of rotatable bonds is 6. The fourth-order valence-corrected chi connectivity index (χ4v) is 7.77. The first-order valence-electron chi connectivity index (χ1n) is 18.6. The van der Waals surface area contributed by atoms with Crippen LogP contribution >= 0.6 is 0 Å². The molecule has 262 valence electrons. The van der Waals surface area contributed by atoms with Gasteiger partial charge in [-0.15, -0.1) is 0 Å². The summed E-state index contributed by atoms with van der Waals surface area (Å²) >= 11 is 0. The molecule has 4 heterocycles. The number of hydrogen-bond donors (Lipinski definition) is 0. The molecular formula is C51H31N3O2. The summed E-state index contributed by atoms with van der Waals surface area (Å²) in [6, 6.07) is 60.8. The van der Waals surface area contributed by atoms with Gasteiger partial charge in [-0.3, -0.25) is 4.98 Å². The van der Waals surface area contributed by atoms with Gasteiger partial charge in [-0.2, -0.15) is 0 Å². The molecule has 7 aromatic carbocycles. The second-order valence-electron chi connectivity index (χ2n) is 14.1. The van der Waals surface area contributed by atoms with Crippen LogP contribution in [0.4, 0.5) is 0 Å². The van der Waals surface area contributed by atoms with Crippen LogP contribution in [0.15, 0.2) is 197 Å². The van der Waals surface area contributed by atoms with E-state index in [4.69, 9.17) is 18.8 Å². The molecule has 56 heavy (non-hydrogen) atoms. The Balaban J connectivity index is 1.13. The van der Waals surface area contributed by atoms with Crippen molar-refractivity contribution in [2.75, 3.05) is 0 Å². The van der Waals surface area contributed by atoms with Gasteiger partial charge >= 0.3 is 0 Å². The Bertz CT molecular complexity index is 3120. The summed E-state index contributed by atoms with van der Waals surface area (Å²) in [6.45, 7) is 0.